The van der Waals surface area contributed by atoms with Crippen LogP contribution in [0.4, 0.5) is 5.69 Å². The number of aromatic nitrogens is 3. The smallest absolute Gasteiger partial charge is 0.152 e. The standard InChI is InChI=1S/C14H19ClN4/c1-10-5-12(13(15)17-6-10)16-7-11-8-18-19(9-11)14(2,3)4/h5-6,8-9,16H,7H2,1-4H3. The van der Waals surface area contributed by atoms with Crippen molar-refractivity contribution in [3.63, 3.8) is 0 Å². The second-order valence-electron chi connectivity index (χ2n) is 5.67. The van der Waals surface area contributed by atoms with Crippen LogP contribution in [0.3, 0.4) is 0 Å². The molecule has 0 aliphatic heterocycles. The van der Waals surface area contributed by atoms with Crippen LogP contribution in [-0.4, -0.2) is 14.8 Å². The summed E-state index contributed by atoms with van der Waals surface area (Å²) in [4.78, 5) is 4.12. The van der Waals surface area contributed by atoms with Crippen LogP contribution in [0, 0.1) is 6.92 Å². The summed E-state index contributed by atoms with van der Waals surface area (Å²) in [5.74, 6) is 0. The fourth-order valence-electron chi connectivity index (χ4n) is 1.69. The van der Waals surface area contributed by atoms with E-state index in [0.29, 0.717) is 11.7 Å². The van der Waals surface area contributed by atoms with Gasteiger partial charge >= 0.3 is 0 Å². The molecule has 5 heteroatoms. The summed E-state index contributed by atoms with van der Waals surface area (Å²) in [7, 11) is 0. The normalized spacial score (nSPS) is 11.6. The number of pyridine rings is 1. The van der Waals surface area contributed by atoms with Gasteiger partial charge in [-0.05, 0) is 39.3 Å². The molecule has 2 rings (SSSR count). The monoisotopic (exact) mass is 278 g/mol. The largest absolute Gasteiger partial charge is 0.378 e. The molecular formula is C14H19ClN4. The minimum absolute atomic E-state index is 0.000779. The van der Waals surface area contributed by atoms with E-state index in [4.69, 9.17) is 11.6 Å². The van der Waals surface area contributed by atoms with Gasteiger partial charge < -0.3 is 5.32 Å². The minimum atomic E-state index is 0.000779. The van der Waals surface area contributed by atoms with E-state index in [2.05, 4.69) is 36.2 Å². The third-order valence-electron chi connectivity index (χ3n) is 2.78. The second kappa shape index (κ2) is 5.21. The van der Waals surface area contributed by atoms with Crippen LogP contribution in [0.15, 0.2) is 24.7 Å². The maximum Gasteiger partial charge on any atom is 0.152 e. The van der Waals surface area contributed by atoms with E-state index in [1.54, 1.807) is 6.20 Å². The first-order chi connectivity index (χ1) is 8.86. The molecule has 0 aromatic carbocycles. The summed E-state index contributed by atoms with van der Waals surface area (Å²) in [6.45, 7) is 9.04. The van der Waals surface area contributed by atoms with Gasteiger partial charge in [0.15, 0.2) is 5.15 Å². The minimum Gasteiger partial charge on any atom is -0.378 e. The Morgan fingerprint density at radius 2 is 2.05 bits per heavy atom. The van der Waals surface area contributed by atoms with Crippen molar-refractivity contribution >= 4 is 17.3 Å². The summed E-state index contributed by atoms with van der Waals surface area (Å²) >= 11 is 6.05. The van der Waals surface area contributed by atoms with Crippen LogP contribution in [0.25, 0.3) is 0 Å². The van der Waals surface area contributed by atoms with Crippen molar-refractivity contribution < 1.29 is 0 Å². The highest BCUT2D eigenvalue weighted by Crippen LogP contribution is 2.21. The molecule has 2 aromatic rings. The zero-order valence-electron chi connectivity index (χ0n) is 11.7. The van der Waals surface area contributed by atoms with E-state index < -0.39 is 0 Å². The summed E-state index contributed by atoms with van der Waals surface area (Å²) < 4.78 is 1.96. The number of nitrogens with zero attached hydrogens (tertiary/aromatic N) is 3. The molecule has 0 fully saturated rings. The summed E-state index contributed by atoms with van der Waals surface area (Å²) in [6, 6.07) is 1.99. The highest BCUT2D eigenvalue weighted by molar-refractivity contribution is 6.31. The van der Waals surface area contributed by atoms with Crippen LogP contribution in [0.1, 0.15) is 31.9 Å². The molecule has 2 heterocycles. The first kappa shape index (κ1) is 13.9. The number of rotatable bonds is 3. The van der Waals surface area contributed by atoms with Crippen molar-refractivity contribution in [3.8, 4) is 0 Å². The molecule has 2 aromatic heterocycles. The third-order valence-corrected chi connectivity index (χ3v) is 3.08. The molecule has 102 valence electrons. The van der Waals surface area contributed by atoms with Gasteiger partial charge in [-0.15, -0.1) is 0 Å². The number of anilines is 1. The first-order valence-electron chi connectivity index (χ1n) is 6.26. The molecule has 19 heavy (non-hydrogen) atoms. The van der Waals surface area contributed by atoms with Gasteiger partial charge in [-0.25, -0.2) is 4.98 Å². The van der Waals surface area contributed by atoms with Gasteiger partial charge in [0.2, 0.25) is 0 Å². The fraction of sp³-hybridized carbons (Fsp3) is 0.429. The van der Waals surface area contributed by atoms with Crippen LogP contribution in [0.5, 0.6) is 0 Å². The van der Waals surface area contributed by atoms with Crippen molar-refractivity contribution in [1.29, 1.82) is 0 Å². The topological polar surface area (TPSA) is 42.7 Å². The zero-order valence-corrected chi connectivity index (χ0v) is 12.5. The van der Waals surface area contributed by atoms with Crippen molar-refractivity contribution in [3.05, 3.63) is 40.9 Å². The lowest BCUT2D eigenvalue weighted by atomic mass is 10.1. The van der Waals surface area contributed by atoms with Crippen LogP contribution in [0.2, 0.25) is 5.15 Å². The Balaban J connectivity index is 2.06. The zero-order chi connectivity index (χ0) is 14.0. The van der Waals surface area contributed by atoms with E-state index in [-0.39, 0.29) is 5.54 Å². The predicted octanol–water partition coefficient (Wildman–Crippen LogP) is 3.61. The average Bonchev–Trinajstić information content (AvgIpc) is 2.79. The molecule has 0 saturated carbocycles. The molecule has 0 unspecified atom stereocenters. The lowest BCUT2D eigenvalue weighted by Crippen LogP contribution is -2.21. The van der Waals surface area contributed by atoms with E-state index in [1.165, 1.54) is 0 Å². The number of halogens is 1. The molecule has 0 aliphatic rings. The van der Waals surface area contributed by atoms with Crippen molar-refractivity contribution in [2.45, 2.75) is 39.8 Å². The summed E-state index contributed by atoms with van der Waals surface area (Å²) in [5.41, 5.74) is 3.05. The van der Waals surface area contributed by atoms with Gasteiger partial charge in [0, 0.05) is 24.5 Å². The highest BCUT2D eigenvalue weighted by atomic mass is 35.5. The molecule has 0 saturated heterocycles. The first-order valence-corrected chi connectivity index (χ1v) is 6.64. The molecule has 0 aliphatic carbocycles. The fourth-order valence-corrected chi connectivity index (χ4v) is 1.86. The maximum atomic E-state index is 6.05. The van der Waals surface area contributed by atoms with Gasteiger partial charge in [-0.2, -0.15) is 5.10 Å². The van der Waals surface area contributed by atoms with Gasteiger partial charge in [-0.1, -0.05) is 11.6 Å². The van der Waals surface area contributed by atoms with Crippen LogP contribution < -0.4 is 5.32 Å². The van der Waals surface area contributed by atoms with Crippen LogP contribution in [-0.2, 0) is 12.1 Å². The van der Waals surface area contributed by atoms with Crippen molar-refractivity contribution in [1.82, 2.24) is 14.8 Å². The van der Waals surface area contributed by atoms with E-state index in [0.717, 1.165) is 16.8 Å². The predicted molar refractivity (Wildman–Crippen MR) is 78.5 cm³/mol. The van der Waals surface area contributed by atoms with E-state index in [9.17, 15) is 0 Å². The molecule has 0 radical (unpaired) electrons. The van der Waals surface area contributed by atoms with E-state index >= 15 is 0 Å². The molecule has 0 bridgehead atoms. The lowest BCUT2D eigenvalue weighted by molar-refractivity contribution is 0.355. The molecule has 0 atom stereocenters. The maximum absolute atomic E-state index is 6.05. The van der Waals surface area contributed by atoms with Gasteiger partial charge in [0.05, 0.1) is 17.4 Å². The Morgan fingerprint density at radius 3 is 2.68 bits per heavy atom. The van der Waals surface area contributed by atoms with Crippen molar-refractivity contribution in [2.75, 3.05) is 5.32 Å². The second-order valence-corrected chi connectivity index (χ2v) is 6.03. The SMILES string of the molecule is Cc1cnc(Cl)c(NCc2cnn(C(C)(C)C)c2)c1. The van der Waals surface area contributed by atoms with Gasteiger partial charge in [0.25, 0.3) is 0 Å². The quantitative estimate of drug-likeness (QED) is 0.872. The van der Waals surface area contributed by atoms with Gasteiger partial charge in [-0.3, -0.25) is 4.68 Å². The van der Waals surface area contributed by atoms with Gasteiger partial charge in [0.1, 0.15) is 0 Å². The molecule has 0 amide bonds. The summed E-state index contributed by atoms with van der Waals surface area (Å²) in [5, 5.41) is 8.15. The number of hydrogen-bond acceptors (Lipinski definition) is 3. The molecule has 4 nitrogen and oxygen atoms in total. The Hall–Kier alpha value is -1.55. The molecule has 1 N–H and O–H groups in total. The van der Waals surface area contributed by atoms with Crippen LogP contribution >= 0.6 is 11.6 Å². The third kappa shape index (κ3) is 3.47. The molecule has 0 spiro atoms. The summed E-state index contributed by atoms with van der Waals surface area (Å²) in [6.07, 6.45) is 5.67. The number of hydrogen-bond donors (Lipinski definition) is 1. The Bertz CT molecular complexity index is 569. The Morgan fingerprint density at radius 1 is 1.32 bits per heavy atom. The lowest BCUT2D eigenvalue weighted by Gasteiger charge is -2.18. The Kier molecular flexibility index (Phi) is 3.80. The van der Waals surface area contributed by atoms with E-state index in [1.807, 2.05) is 30.1 Å². The Labute approximate surface area is 118 Å². The average molecular weight is 279 g/mol. The number of aryl methyl sites for hydroxylation is 1. The number of nitrogens with one attached hydrogen (secondary N) is 1. The van der Waals surface area contributed by atoms with Crippen molar-refractivity contribution in [2.24, 2.45) is 0 Å². The molecular weight excluding hydrogens is 260 g/mol. The highest BCUT2D eigenvalue weighted by Gasteiger charge is 2.13.